The van der Waals surface area contributed by atoms with Gasteiger partial charge >= 0.3 is 5.97 Å². The van der Waals surface area contributed by atoms with E-state index < -0.39 is 5.97 Å². The number of aromatic nitrogens is 1. The van der Waals surface area contributed by atoms with Gasteiger partial charge in [0.1, 0.15) is 0 Å². The Balaban J connectivity index is 1.90. The van der Waals surface area contributed by atoms with Gasteiger partial charge in [-0.1, -0.05) is 6.07 Å². The van der Waals surface area contributed by atoms with Gasteiger partial charge in [0.15, 0.2) is 0 Å². The Hall–Kier alpha value is -1.99. The zero-order valence-corrected chi connectivity index (χ0v) is 12.6. The van der Waals surface area contributed by atoms with Crippen molar-refractivity contribution in [2.45, 2.75) is 19.0 Å². The highest BCUT2D eigenvalue weighted by Gasteiger charge is 2.29. The molecule has 7 heteroatoms. The monoisotopic (exact) mass is 307 g/mol. The molecule has 1 unspecified atom stereocenters. The number of nitrogens with zero attached hydrogens (tertiary/aromatic N) is 3. The lowest BCUT2D eigenvalue weighted by atomic mass is 10.1. The van der Waals surface area contributed by atoms with Gasteiger partial charge < -0.3 is 14.7 Å². The summed E-state index contributed by atoms with van der Waals surface area (Å²) in [6.07, 6.45) is 1.63. The van der Waals surface area contributed by atoms with Crippen molar-refractivity contribution in [2.75, 3.05) is 33.4 Å². The number of carboxylic acid groups (broad SMARTS) is 1. The van der Waals surface area contributed by atoms with Gasteiger partial charge in [0.05, 0.1) is 37.9 Å². The number of hydrogen-bond acceptors (Lipinski definition) is 5. The molecule has 0 aliphatic carbocycles. The fraction of sp³-hybridized carbons (Fsp3) is 0.533. The third kappa shape index (κ3) is 4.78. The first-order valence-corrected chi connectivity index (χ1v) is 7.23. The quantitative estimate of drug-likeness (QED) is 0.809. The fourth-order valence-corrected chi connectivity index (χ4v) is 2.50. The standard InChI is InChI=1S/C15H21N3O4/c1-17(9-12-4-2-3-5-16-12)10-14(19)18-6-7-22-11-13(18)8-15(20)21/h2-5,13H,6-11H2,1H3,(H,20,21). The Morgan fingerprint density at radius 1 is 1.50 bits per heavy atom. The van der Waals surface area contributed by atoms with E-state index in [1.165, 1.54) is 0 Å². The Bertz CT molecular complexity index is 509. The van der Waals surface area contributed by atoms with Gasteiger partial charge in [-0.25, -0.2) is 0 Å². The van der Waals surface area contributed by atoms with Crippen molar-refractivity contribution >= 4 is 11.9 Å². The van der Waals surface area contributed by atoms with Gasteiger partial charge in [-0.15, -0.1) is 0 Å². The predicted molar refractivity (Wildman–Crippen MR) is 79.1 cm³/mol. The molecule has 1 aromatic rings. The number of likely N-dealkylation sites (N-methyl/N-ethyl adjacent to an activating group) is 1. The Kier molecular flexibility index (Phi) is 5.85. The number of ether oxygens (including phenoxy) is 1. The van der Waals surface area contributed by atoms with Crippen LogP contribution in [0.3, 0.4) is 0 Å². The summed E-state index contributed by atoms with van der Waals surface area (Å²) < 4.78 is 5.28. The highest BCUT2D eigenvalue weighted by Crippen LogP contribution is 2.12. The first-order chi connectivity index (χ1) is 10.6. The molecular formula is C15H21N3O4. The van der Waals surface area contributed by atoms with Crippen LogP contribution in [0, 0.1) is 0 Å². The lowest BCUT2D eigenvalue weighted by Gasteiger charge is -2.35. The van der Waals surface area contributed by atoms with Gasteiger partial charge in [-0.3, -0.25) is 19.5 Å². The molecule has 0 spiro atoms. The van der Waals surface area contributed by atoms with E-state index in [0.29, 0.717) is 19.7 Å². The molecule has 120 valence electrons. The summed E-state index contributed by atoms with van der Waals surface area (Å²) in [5.74, 6) is -0.997. The second kappa shape index (κ2) is 7.86. The maximum absolute atomic E-state index is 12.4. The molecule has 2 heterocycles. The molecule has 22 heavy (non-hydrogen) atoms. The molecule has 1 N–H and O–H groups in total. The summed E-state index contributed by atoms with van der Waals surface area (Å²) in [7, 11) is 1.85. The fourth-order valence-electron chi connectivity index (χ4n) is 2.50. The first-order valence-electron chi connectivity index (χ1n) is 7.23. The predicted octanol–water partition coefficient (Wildman–Crippen LogP) is 0.216. The lowest BCUT2D eigenvalue weighted by Crippen LogP contribution is -2.52. The summed E-state index contributed by atoms with van der Waals surface area (Å²) in [5, 5.41) is 8.93. The molecular weight excluding hydrogens is 286 g/mol. The van der Waals surface area contributed by atoms with E-state index in [1.54, 1.807) is 11.1 Å². The number of amides is 1. The van der Waals surface area contributed by atoms with Crippen molar-refractivity contribution in [1.29, 1.82) is 0 Å². The second-order valence-corrected chi connectivity index (χ2v) is 5.41. The number of carbonyl (C=O) groups excluding carboxylic acids is 1. The molecule has 1 fully saturated rings. The summed E-state index contributed by atoms with van der Waals surface area (Å²) in [6.45, 7) is 1.97. The van der Waals surface area contributed by atoms with E-state index in [4.69, 9.17) is 9.84 Å². The van der Waals surface area contributed by atoms with E-state index in [9.17, 15) is 9.59 Å². The van der Waals surface area contributed by atoms with E-state index in [1.807, 2.05) is 30.1 Å². The van der Waals surface area contributed by atoms with Crippen molar-refractivity contribution in [1.82, 2.24) is 14.8 Å². The van der Waals surface area contributed by atoms with E-state index in [-0.39, 0.29) is 31.5 Å². The Morgan fingerprint density at radius 2 is 2.32 bits per heavy atom. The molecule has 2 rings (SSSR count). The number of carboxylic acids is 1. The van der Waals surface area contributed by atoms with Crippen LogP contribution >= 0.6 is 0 Å². The van der Waals surface area contributed by atoms with Crippen LogP contribution in [0.5, 0.6) is 0 Å². The largest absolute Gasteiger partial charge is 0.481 e. The van der Waals surface area contributed by atoms with Crippen LogP contribution in [0.4, 0.5) is 0 Å². The van der Waals surface area contributed by atoms with E-state index in [2.05, 4.69) is 4.98 Å². The van der Waals surface area contributed by atoms with E-state index >= 15 is 0 Å². The average Bonchev–Trinajstić information content (AvgIpc) is 2.48. The van der Waals surface area contributed by atoms with Crippen LogP contribution in [0.2, 0.25) is 0 Å². The highest BCUT2D eigenvalue weighted by molar-refractivity contribution is 5.79. The number of carbonyl (C=O) groups is 2. The molecule has 1 aromatic heterocycles. The van der Waals surface area contributed by atoms with Crippen LogP contribution in [-0.2, 0) is 20.9 Å². The minimum absolute atomic E-state index is 0.0759. The maximum atomic E-state index is 12.4. The third-order valence-corrected chi connectivity index (χ3v) is 3.52. The van der Waals surface area contributed by atoms with Gasteiger partial charge in [0, 0.05) is 19.3 Å². The molecule has 7 nitrogen and oxygen atoms in total. The van der Waals surface area contributed by atoms with E-state index in [0.717, 1.165) is 5.69 Å². The molecule has 1 saturated heterocycles. The molecule has 0 aromatic carbocycles. The molecule has 0 radical (unpaired) electrons. The van der Waals surface area contributed by atoms with Gasteiger partial charge in [-0.2, -0.15) is 0 Å². The van der Waals surface area contributed by atoms with Crippen molar-refractivity contribution in [3.63, 3.8) is 0 Å². The van der Waals surface area contributed by atoms with Crippen molar-refractivity contribution in [3.05, 3.63) is 30.1 Å². The van der Waals surface area contributed by atoms with Gasteiger partial charge in [0.2, 0.25) is 5.91 Å². The van der Waals surface area contributed by atoms with Crippen molar-refractivity contribution in [3.8, 4) is 0 Å². The number of rotatable bonds is 6. The second-order valence-electron chi connectivity index (χ2n) is 5.41. The first kappa shape index (κ1) is 16.4. The van der Waals surface area contributed by atoms with Gasteiger partial charge in [-0.05, 0) is 19.2 Å². The van der Waals surface area contributed by atoms with Gasteiger partial charge in [0.25, 0.3) is 0 Å². The smallest absolute Gasteiger partial charge is 0.305 e. The number of morpholine rings is 1. The SMILES string of the molecule is CN(CC(=O)N1CCOCC1CC(=O)O)Cc1ccccn1. The number of aliphatic carboxylic acids is 1. The van der Waals surface area contributed by atoms with Crippen molar-refractivity contribution < 1.29 is 19.4 Å². The average molecular weight is 307 g/mol. The maximum Gasteiger partial charge on any atom is 0.305 e. The summed E-state index contributed by atoms with van der Waals surface area (Å²) in [6, 6.07) is 5.27. The molecule has 1 aliphatic heterocycles. The zero-order valence-electron chi connectivity index (χ0n) is 12.6. The number of hydrogen-bond donors (Lipinski definition) is 1. The number of pyridine rings is 1. The Labute approximate surface area is 129 Å². The molecule has 0 bridgehead atoms. The molecule has 1 atom stereocenters. The summed E-state index contributed by atoms with van der Waals surface area (Å²) in [5.41, 5.74) is 0.891. The highest BCUT2D eigenvalue weighted by atomic mass is 16.5. The molecule has 0 saturated carbocycles. The Morgan fingerprint density at radius 3 is 3.00 bits per heavy atom. The van der Waals surface area contributed by atoms with Crippen molar-refractivity contribution in [2.24, 2.45) is 0 Å². The normalized spacial score (nSPS) is 18.5. The minimum atomic E-state index is -0.921. The van der Waals surface area contributed by atoms with Crippen LogP contribution in [0.15, 0.2) is 24.4 Å². The zero-order chi connectivity index (χ0) is 15.9. The lowest BCUT2D eigenvalue weighted by molar-refractivity contribution is -0.146. The van der Waals surface area contributed by atoms with Crippen LogP contribution < -0.4 is 0 Å². The molecule has 1 amide bonds. The van der Waals surface area contributed by atoms with Crippen LogP contribution in [-0.4, -0.2) is 71.2 Å². The summed E-state index contributed by atoms with van der Waals surface area (Å²) in [4.78, 5) is 31.0. The minimum Gasteiger partial charge on any atom is -0.481 e. The third-order valence-electron chi connectivity index (χ3n) is 3.52. The van der Waals surface area contributed by atoms with Crippen LogP contribution in [0.1, 0.15) is 12.1 Å². The van der Waals surface area contributed by atoms with Crippen LogP contribution in [0.25, 0.3) is 0 Å². The molecule has 1 aliphatic rings. The summed E-state index contributed by atoms with van der Waals surface area (Å²) >= 11 is 0. The topological polar surface area (TPSA) is 83.0 Å².